The van der Waals surface area contributed by atoms with Gasteiger partial charge in [0.15, 0.2) is 11.0 Å². The van der Waals surface area contributed by atoms with E-state index in [9.17, 15) is 4.79 Å². The first-order valence-electron chi connectivity index (χ1n) is 3.70. The number of furan rings is 1. The monoisotopic (exact) mass is 195 g/mol. The van der Waals surface area contributed by atoms with Crippen LogP contribution in [0.15, 0.2) is 35.0 Å². The molecular formula is C9H6ClNO2. The van der Waals surface area contributed by atoms with Gasteiger partial charge < -0.3 is 9.40 Å². The van der Waals surface area contributed by atoms with Crippen LogP contribution in [-0.4, -0.2) is 10.8 Å². The fourth-order valence-corrected chi connectivity index (χ4v) is 1.19. The Morgan fingerprint density at radius 3 is 2.77 bits per heavy atom. The molecule has 0 bridgehead atoms. The molecule has 4 heteroatoms. The number of halogens is 1. The van der Waals surface area contributed by atoms with Gasteiger partial charge in [0.05, 0.1) is 0 Å². The first kappa shape index (κ1) is 8.13. The van der Waals surface area contributed by atoms with Crippen LogP contribution in [0.25, 0.3) is 0 Å². The minimum absolute atomic E-state index is 0.173. The van der Waals surface area contributed by atoms with Gasteiger partial charge in [0.2, 0.25) is 5.78 Å². The summed E-state index contributed by atoms with van der Waals surface area (Å²) < 4.78 is 4.97. The minimum Gasteiger partial charge on any atom is -0.441 e. The second-order valence-corrected chi connectivity index (χ2v) is 2.91. The number of hydrogen-bond donors (Lipinski definition) is 1. The Balaban J connectivity index is 2.33. The Hall–Kier alpha value is -1.48. The van der Waals surface area contributed by atoms with E-state index in [0.717, 1.165) is 0 Å². The lowest BCUT2D eigenvalue weighted by molar-refractivity contribution is 0.101. The maximum absolute atomic E-state index is 11.5. The predicted octanol–water partition coefficient (Wildman–Crippen LogP) is 2.49. The van der Waals surface area contributed by atoms with Crippen molar-refractivity contribution in [1.82, 2.24) is 4.98 Å². The van der Waals surface area contributed by atoms with Crippen molar-refractivity contribution in [3.63, 3.8) is 0 Å². The van der Waals surface area contributed by atoms with E-state index in [2.05, 4.69) is 4.98 Å². The van der Waals surface area contributed by atoms with Crippen LogP contribution in [0.1, 0.15) is 16.1 Å². The highest BCUT2D eigenvalue weighted by atomic mass is 35.5. The van der Waals surface area contributed by atoms with Crippen LogP contribution in [0.2, 0.25) is 5.22 Å². The largest absolute Gasteiger partial charge is 0.441 e. The third-order valence-electron chi connectivity index (χ3n) is 1.66. The molecule has 0 saturated carbocycles. The Kier molecular flexibility index (Phi) is 1.94. The van der Waals surface area contributed by atoms with Crippen molar-refractivity contribution >= 4 is 17.4 Å². The SMILES string of the molecule is O=C(c1cc[nH]c1)c1ccc(Cl)o1. The maximum Gasteiger partial charge on any atom is 0.229 e. The fourth-order valence-electron chi connectivity index (χ4n) is 1.04. The molecule has 2 aromatic rings. The van der Waals surface area contributed by atoms with E-state index < -0.39 is 0 Å². The van der Waals surface area contributed by atoms with E-state index >= 15 is 0 Å². The summed E-state index contributed by atoms with van der Waals surface area (Å²) in [5.41, 5.74) is 0.561. The molecule has 0 spiro atoms. The topological polar surface area (TPSA) is 46.0 Å². The zero-order valence-electron chi connectivity index (χ0n) is 6.58. The molecule has 0 amide bonds. The third kappa shape index (κ3) is 1.51. The highest BCUT2D eigenvalue weighted by molar-refractivity contribution is 6.29. The van der Waals surface area contributed by atoms with Crippen LogP contribution in [0, 0.1) is 0 Å². The number of aromatic amines is 1. The molecule has 0 aliphatic rings. The van der Waals surface area contributed by atoms with Gasteiger partial charge in [-0.1, -0.05) is 0 Å². The first-order valence-corrected chi connectivity index (χ1v) is 4.08. The smallest absolute Gasteiger partial charge is 0.229 e. The molecule has 0 aliphatic heterocycles. The molecular weight excluding hydrogens is 190 g/mol. The first-order chi connectivity index (χ1) is 6.27. The fraction of sp³-hybridized carbons (Fsp3) is 0. The van der Waals surface area contributed by atoms with Gasteiger partial charge in [-0.15, -0.1) is 0 Å². The van der Waals surface area contributed by atoms with E-state index in [0.29, 0.717) is 5.56 Å². The van der Waals surface area contributed by atoms with Gasteiger partial charge in [-0.3, -0.25) is 4.79 Å². The molecule has 3 nitrogen and oxygen atoms in total. The molecule has 0 unspecified atom stereocenters. The van der Waals surface area contributed by atoms with Crippen molar-refractivity contribution in [1.29, 1.82) is 0 Å². The van der Waals surface area contributed by atoms with Gasteiger partial charge in [0.25, 0.3) is 0 Å². The maximum atomic E-state index is 11.5. The number of carbonyl (C=O) groups excluding carboxylic acids is 1. The molecule has 0 saturated heterocycles. The van der Waals surface area contributed by atoms with Crippen LogP contribution in [0.5, 0.6) is 0 Å². The van der Waals surface area contributed by atoms with Gasteiger partial charge in [0.1, 0.15) is 0 Å². The Morgan fingerprint density at radius 2 is 2.23 bits per heavy atom. The molecule has 66 valence electrons. The molecule has 0 radical (unpaired) electrons. The highest BCUT2D eigenvalue weighted by Gasteiger charge is 2.12. The molecule has 0 atom stereocenters. The van der Waals surface area contributed by atoms with E-state index in [1.807, 2.05) is 0 Å². The van der Waals surface area contributed by atoms with Gasteiger partial charge in [-0.2, -0.15) is 0 Å². The second kappa shape index (κ2) is 3.11. The van der Waals surface area contributed by atoms with Gasteiger partial charge in [-0.05, 0) is 29.8 Å². The third-order valence-corrected chi connectivity index (χ3v) is 1.86. The lowest BCUT2D eigenvalue weighted by Gasteiger charge is -1.90. The lowest BCUT2D eigenvalue weighted by atomic mass is 10.2. The molecule has 0 aromatic carbocycles. The standard InChI is InChI=1S/C9H6ClNO2/c10-8-2-1-7(13-8)9(12)6-3-4-11-5-6/h1-5,11H. The minimum atomic E-state index is -0.173. The highest BCUT2D eigenvalue weighted by Crippen LogP contribution is 2.16. The summed E-state index contributed by atoms with van der Waals surface area (Å²) in [6, 6.07) is 4.78. The number of hydrogen-bond acceptors (Lipinski definition) is 2. The van der Waals surface area contributed by atoms with Crippen LogP contribution in [-0.2, 0) is 0 Å². The van der Waals surface area contributed by atoms with Crippen molar-refractivity contribution in [2.75, 3.05) is 0 Å². The van der Waals surface area contributed by atoms with E-state index in [1.54, 1.807) is 30.6 Å². The van der Waals surface area contributed by atoms with Crippen LogP contribution in [0.4, 0.5) is 0 Å². The molecule has 2 aromatic heterocycles. The number of H-pyrrole nitrogens is 1. The second-order valence-electron chi connectivity index (χ2n) is 2.53. The van der Waals surface area contributed by atoms with Gasteiger partial charge in [0, 0.05) is 18.0 Å². The van der Waals surface area contributed by atoms with E-state index in [-0.39, 0.29) is 16.8 Å². The van der Waals surface area contributed by atoms with E-state index in [1.165, 1.54) is 0 Å². The normalized spacial score (nSPS) is 10.2. The molecule has 2 rings (SSSR count). The number of nitrogens with one attached hydrogen (secondary N) is 1. The van der Waals surface area contributed by atoms with Gasteiger partial charge in [-0.25, -0.2) is 0 Å². The Bertz CT molecular complexity index is 417. The predicted molar refractivity (Wildman–Crippen MR) is 47.9 cm³/mol. The summed E-state index contributed by atoms with van der Waals surface area (Å²) in [4.78, 5) is 14.3. The Labute approximate surface area is 79.3 Å². The summed E-state index contributed by atoms with van der Waals surface area (Å²) in [6.45, 7) is 0. The van der Waals surface area contributed by atoms with E-state index in [4.69, 9.17) is 16.0 Å². The molecule has 1 N–H and O–H groups in total. The molecule has 0 fully saturated rings. The summed E-state index contributed by atoms with van der Waals surface area (Å²) in [7, 11) is 0. The van der Waals surface area contributed by atoms with Crippen LogP contribution >= 0.6 is 11.6 Å². The average Bonchev–Trinajstić information content (AvgIpc) is 2.72. The van der Waals surface area contributed by atoms with Crippen molar-refractivity contribution in [2.45, 2.75) is 0 Å². The number of carbonyl (C=O) groups is 1. The van der Waals surface area contributed by atoms with Crippen molar-refractivity contribution in [3.05, 3.63) is 47.1 Å². The summed E-state index contributed by atoms with van der Waals surface area (Å²) in [5.74, 6) is 0.0813. The average molecular weight is 196 g/mol. The molecule has 2 heterocycles. The van der Waals surface area contributed by atoms with Crippen LogP contribution < -0.4 is 0 Å². The quantitative estimate of drug-likeness (QED) is 0.749. The zero-order valence-corrected chi connectivity index (χ0v) is 7.34. The molecule has 13 heavy (non-hydrogen) atoms. The Morgan fingerprint density at radius 1 is 1.38 bits per heavy atom. The number of rotatable bonds is 2. The molecule has 0 aliphatic carbocycles. The van der Waals surface area contributed by atoms with Crippen molar-refractivity contribution in [3.8, 4) is 0 Å². The zero-order chi connectivity index (χ0) is 9.26. The summed E-state index contributed by atoms with van der Waals surface area (Å²) in [5, 5.41) is 0.221. The van der Waals surface area contributed by atoms with Crippen LogP contribution in [0.3, 0.4) is 0 Å². The lowest BCUT2D eigenvalue weighted by Crippen LogP contribution is -1.96. The van der Waals surface area contributed by atoms with Gasteiger partial charge >= 0.3 is 0 Å². The number of aromatic nitrogens is 1. The van der Waals surface area contributed by atoms with Crippen molar-refractivity contribution in [2.24, 2.45) is 0 Å². The summed E-state index contributed by atoms with van der Waals surface area (Å²) >= 11 is 5.54. The van der Waals surface area contributed by atoms with Crippen molar-refractivity contribution < 1.29 is 9.21 Å². The summed E-state index contributed by atoms with van der Waals surface area (Å²) in [6.07, 6.45) is 3.29. The number of ketones is 1.